The highest BCUT2D eigenvalue weighted by Crippen LogP contribution is 2.30. The summed E-state index contributed by atoms with van der Waals surface area (Å²) < 4.78 is 19.7. The van der Waals surface area contributed by atoms with Gasteiger partial charge in [0.2, 0.25) is 0 Å². The Hall–Kier alpha value is -4.49. The van der Waals surface area contributed by atoms with Crippen molar-refractivity contribution in [2.75, 3.05) is 0 Å². The van der Waals surface area contributed by atoms with E-state index in [0.29, 0.717) is 10.6 Å². The number of nitrogens with one attached hydrogen (secondary N) is 1. The monoisotopic (exact) mass is 539 g/mol. The number of carbonyl (C=O) groups is 2. The smallest absolute Gasteiger partial charge is 0.326 e. The highest BCUT2D eigenvalue weighted by molar-refractivity contribution is 7.20. The second kappa shape index (κ2) is 11.5. The summed E-state index contributed by atoms with van der Waals surface area (Å²) in [5.41, 5.74) is 4.92. The van der Waals surface area contributed by atoms with Crippen LogP contribution >= 0.6 is 11.3 Å². The van der Waals surface area contributed by atoms with Gasteiger partial charge in [-0.3, -0.25) is 4.79 Å². The van der Waals surface area contributed by atoms with E-state index in [9.17, 15) is 19.1 Å². The van der Waals surface area contributed by atoms with Crippen LogP contribution in [0.15, 0.2) is 97.1 Å². The molecule has 39 heavy (non-hydrogen) atoms. The van der Waals surface area contributed by atoms with E-state index >= 15 is 0 Å². The Balaban J connectivity index is 1.23. The first-order valence-corrected chi connectivity index (χ1v) is 13.3. The second-order valence-corrected chi connectivity index (χ2v) is 10.4. The lowest BCUT2D eigenvalue weighted by molar-refractivity contribution is -0.139. The molecule has 0 saturated carbocycles. The molecule has 0 spiro atoms. The van der Waals surface area contributed by atoms with Crippen molar-refractivity contribution in [3.8, 4) is 16.9 Å². The Bertz CT molecular complexity index is 1610. The van der Waals surface area contributed by atoms with Crippen LogP contribution in [0.2, 0.25) is 0 Å². The Morgan fingerprint density at radius 2 is 1.54 bits per heavy atom. The maximum absolute atomic E-state index is 13.1. The summed E-state index contributed by atoms with van der Waals surface area (Å²) in [4.78, 5) is 25.4. The molecular weight excluding hydrogens is 513 g/mol. The molecule has 0 bridgehead atoms. The molecule has 2 N–H and O–H groups in total. The molecule has 5 aromatic rings. The molecule has 4 aromatic carbocycles. The van der Waals surface area contributed by atoms with Crippen molar-refractivity contribution in [3.05, 3.63) is 124 Å². The molecule has 7 heteroatoms. The van der Waals surface area contributed by atoms with E-state index in [1.54, 1.807) is 42.5 Å². The van der Waals surface area contributed by atoms with E-state index < -0.39 is 17.9 Å². The van der Waals surface area contributed by atoms with E-state index in [-0.39, 0.29) is 18.8 Å². The van der Waals surface area contributed by atoms with Gasteiger partial charge in [0.15, 0.2) is 0 Å². The predicted molar refractivity (Wildman–Crippen MR) is 152 cm³/mol. The third kappa shape index (κ3) is 6.51. The Morgan fingerprint density at radius 1 is 0.872 bits per heavy atom. The van der Waals surface area contributed by atoms with E-state index in [4.69, 9.17) is 4.74 Å². The molecule has 196 valence electrons. The Labute approximate surface area is 229 Å². The fourth-order valence-corrected chi connectivity index (χ4v) is 5.16. The summed E-state index contributed by atoms with van der Waals surface area (Å²) in [6.45, 7) is 2.33. The van der Waals surface area contributed by atoms with Gasteiger partial charge in [0.25, 0.3) is 5.91 Å². The lowest BCUT2D eigenvalue weighted by Crippen LogP contribution is -2.42. The summed E-state index contributed by atoms with van der Waals surface area (Å²) in [5.74, 6) is -1.22. The quantitative estimate of drug-likeness (QED) is 0.211. The third-order valence-electron chi connectivity index (χ3n) is 6.41. The van der Waals surface area contributed by atoms with Gasteiger partial charge in [-0.1, -0.05) is 60.2 Å². The number of aliphatic carboxylic acids is 1. The highest BCUT2D eigenvalue weighted by Gasteiger charge is 2.22. The second-order valence-electron chi connectivity index (χ2n) is 9.36. The lowest BCUT2D eigenvalue weighted by Gasteiger charge is -2.14. The number of carboxylic acids is 1. The first-order valence-electron chi connectivity index (χ1n) is 12.4. The number of halogens is 1. The lowest BCUT2D eigenvalue weighted by atomic mass is 10.0. The summed E-state index contributed by atoms with van der Waals surface area (Å²) in [6, 6.07) is 28.1. The fraction of sp³-hybridized carbons (Fsp3) is 0.125. The third-order valence-corrected chi connectivity index (χ3v) is 7.53. The SMILES string of the molecule is Cc1ccc(-c2ccc3sc(C(=O)N[C@@H](Cc4ccc(OCc5ccc(F)cc5)cc4)C(=O)O)cc3c2)cc1. The predicted octanol–water partition coefficient (Wildman–Crippen LogP) is 7.02. The number of rotatable bonds is 9. The average molecular weight is 540 g/mol. The molecule has 1 aromatic heterocycles. The van der Waals surface area contributed by atoms with Crippen molar-refractivity contribution in [1.82, 2.24) is 5.32 Å². The molecule has 1 atom stereocenters. The van der Waals surface area contributed by atoms with Gasteiger partial charge in [0.05, 0.1) is 4.88 Å². The van der Waals surface area contributed by atoms with E-state index in [2.05, 4.69) is 29.6 Å². The molecule has 0 fully saturated rings. The minimum atomic E-state index is -1.11. The van der Waals surface area contributed by atoms with Crippen molar-refractivity contribution in [1.29, 1.82) is 0 Å². The van der Waals surface area contributed by atoms with Gasteiger partial charge in [0, 0.05) is 11.1 Å². The fourth-order valence-electron chi connectivity index (χ4n) is 4.22. The van der Waals surface area contributed by atoms with Gasteiger partial charge in [-0.05, 0) is 77.0 Å². The van der Waals surface area contributed by atoms with Crippen molar-refractivity contribution < 1.29 is 23.8 Å². The summed E-state index contributed by atoms with van der Waals surface area (Å²) in [7, 11) is 0. The first kappa shape index (κ1) is 26.1. The summed E-state index contributed by atoms with van der Waals surface area (Å²) >= 11 is 1.34. The minimum Gasteiger partial charge on any atom is -0.489 e. The number of thiophene rings is 1. The molecule has 0 unspecified atom stereocenters. The molecule has 1 heterocycles. The van der Waals surface area contributed by atoms with Crippen LogP contribution in [0.1, 0.15) is 26.4 Å². The summed E-state index contributed by atoms with van der Waals surface area (Å²) in [5, 5.41) is 13.4. The highest BCUT2D eigenvalue weighted by atomic mass is 32.1. The van der Waals surface area contributed by atoms with E-state index in [1.807, 2.05) is 25.1 Å². The largest absolute Gasteiger partial charge is 0.489 e. The number of hydrogen-bond acceptors (Lipinski definition) is 4. The molecule has 5 nitrogen and oxygen atoms in total. The molecule has 0 saturated heterocycles. The zero-order valence-electron chi connectivity index (χ0n) is 21.2. The van der Waals surface area contributed by atoms with Crippen molar-refractivity contribution in [3.63, 3.8) is 0 Å². The number of fused-ring (bicyclic) bond motifs is 1. The maximum atomic E-state index is 13.1. The molecule has 0 aliphatic rings. The topological polar surface area (TPSA) is 75.6 Å². The number of amides is 1. The van der Waals surface area contributed by atoms with Gasteiger partial charge >= 0.3 is 5.97 Å². The van der Waals surface area contributed by atoms with Crippen molar-refractivity contribution in [2.24, 2.45) is 0 Å². The summed E-state index contributed by atoms with van der Waals surface area (Å²) in [6.07, 6.45) is 0.127. The van der Waals surface area contributed by atoms with Crippen molar-refractivity contribution >= 4 is 33.3 Å². The molecule has 0 aliphatic carbocycles. The van der Waals surface area contributed by atoms with Crippen LogP contribution < -0.4 is 10.1 Å². The molecular formula is C32H26FNO4S. The normalized spacial score (nSPS) is 11.7. The van der Waals surface area contributed by atoms with Crippen LogP contribution in [-0.2, 0) is 17.8 Å². The van der Waals surface area contributed by atoms with Crippen LogP contribution in [0, 0.1) is 12.7 Å². The van der Waals surface area contributed by atoms with Gasteiger partial charge in [-0.2, -0.15) is 0 Å². The van der Waals surface area contributed by atoms with Gasteiger partial charge in [0.1, 0.15) is 24.2 Å². The van der Waals surface area contributed by atoms with Crippen LogP contribution in [0.3, 0.4) is 0 Å². The van der Waals surface area contributed by atoms with Gasteiger partial charge in [-0.15, -0.1) is 11.3 Å². The number of benzene rings is 4. The minimum absolute atomic E-state index is 0.127. The number of ether oxygens (including phenoxy) is 1. The number of carboxylic acid groups (broad SMARTS) is 1. The average Bonchev–Trinajstić information content (AvgIpc) is 3.37. The van der Waals surface area contributed by atoms with Crippen LogP contribution in [0.4, 0.5) is 4.39 Å². The van der Waals surface area contributed by atoms with Crippen LogP contribution in [0.5, 0.6) is 5.75 Å². The maximum Gasteiger partial charge on any atom is 0.326 e. The standard InChI is InChI=1S/C32H26FNO4S/c1-20-2-8-23(9-3-20)24-10-15-29-25(17-24)18-30(39-29)31(35)34-28(32(36)37)16-21-6-13-27(14-7-21)38-19-22-4-11-26(33)12-5-22/h2-15,17-18,28H,16,19H2,1H3,(H,34,35)(H,36,37)/t28-/m0/s1. The first-order chi connectivity index (χ1) is 18.8. The molecule has 5 rings (SSSR count). The van der Waals surface area contributed by atoms with Gasteiger partial charge < -0.3 is 15.2 Å². The van der Waals surface area contributed by atoms with E-state index in [0.717, 1.165) is 32.3 Å². The Morgan fingerprint density at radius 3 is 2.23 bits per heavy atom. The van der Waals surface area contributed by atoms with Gasteiger partial charge in [-0.25, -0.2) is 9.18 Å². The van der Waals surface area contributed by atoms with Crippen LogP contribution in [-0.4, -0.2) is 23.0 Å². The zero-order valence-corrected chi connectivity index (χ0v) is 22.0. The Kier molecular flexibility index (Phi) is 7.70. The van der Waals surface area contributed by atoms with Crippen molar-refractivity contribution in [2.45, 2.75) is 26.0 Å². The number of carbonyl (C=O) groups excluding carboxylic acids is 1. The zero-order chi connectivity index (χ0) is 27.4. The molecule has 0 aliphatic heterocycles. The van der Waals surface area contributed by atoms with Crippen LogP contribution in [0.25, 0.3) is 21.2 Å². The molecule has 1 amide bonds. The van der Waals surface area contributed by atoms with E-state index in [1.165, 1.54) is 29.0 Å². The number of hydrogen-bond donors (Lipinski definition) is 2. The molecule has 0 radical (unpaired) electrons. The number of aryl methyl sites for hydroxylation is 1.